The van der Waals surface area contributed by atoms with Crippen molar-refractivity contribution in [2.75, 3.05) is 6.61 Å². The number of carbonyl (C=O) groups is 2. The number of allylic oxidation sites excluding steroid dienone is 1. The molecule has 0 aliphatic heterocycles. The van der Waals surface area contributed by atoms with Crippen molar-refractivity contribution >= 4 is 45.1 Å². The molecule has 28 heavy (non-hydrogen) atoms. The van der Waals surface area contributed by atoms with Crippen LogP contribution in [0, 0.1) is 29.6 Å². The van der Waals surface area contributed by atoms with Gasteiger partial charge in [0.05, 0.1) is 17.7 Å². The van der Waals surface area contributed by atoms with Crippen LogP contribution in [0.25, 0.3) is 6.08 Å². The number of hydrogen-bond acceptors (Lipinski definition) is 7. The highest BCUT2D eigenvalue weighted by Crippen LogP contribution is 2.30. The van der Waals surface area contributed by atoms with E-state index in [0.717, 1.165) is 11.3 Å². The van der Waals surface area contributed by atoms with Gasteiger partial charge in [0, 0.05) is 21.3 Å². The lowest BCUT2D eigenvalue weighted by molar-refractivity contribution is -0.114. The Morgan fingerprint density at radius 1 is 1.36 bits per heavy atom. The predicted octanol–water partition coefficient (Wildman–Crippen LogP) is 4.29. The summed E-state index contributed by atoms with van der Waals surface area (Å²) in [6.45, 7) is 3.50. The molecule has 0 radical (unpaired) electrons. The molecule has 1 aromatic heterocycles. The van der Waals surface area contributed by atoms with Crippen LogP contribution in [0.3, 0.4) is 0 Å². The molecule has 0 fully saturated rings. The zero-order valence-corrected chi connectivity index (χ0v) is 17.5. The molecule has 0 saturated heterocycles. The number of Topliss-reactive ketones (excluding diaryl/α,β-unsaturated/α-hetero) is 1. The predicted molar refractivity (Wildman–Crippen MR) is 108 cm³/mol. The van der Waals surface area contributed by atoms with Crippen LogP contribution in [-0.4, -0.2) is 23.5 Å². The van der Waals surface area contributed by atoms with Gasteiger partial charge in [0.25, 0.3) is 0 Å². The number of phenols is 1. The van der Waals surface area contributed by atoms with E-state index >= 15 is 0 Å². The van der Waals surface area contributed by atoms with Crippen LogP contribution < -0.4 is 0 Å². The number of nitrogens with zero attached hydrogens (tertiary/aromatic N) is 2. The third kappa shape index (κ3) is 4.66. The van der Waals surface area contributed by atoms with Gasteiger partial charge in [0.1, 0.15) is 22.8 Å². The van der Waals surface area contributed by atoms with E-state index < -0.39 is 11.8 Å². The number of halogens is 1. The summed E-state index contributed by atoms with van der Waals surface area (Å²) in [4.78, 5) is 25.3. The Morgan fingerprint density at radius 3 is 2.68 bits per heavy atom. The van der Waals surface area contributed by atoms with E-state index in [4.69, 9.17) is 4.74 Å². The molecule has 0 unspecified atom stereocenters. The summed E-state index contributed by atoms with van der Waals surface area (Å²) in [5, 5.41) is 28.7. The molecular formula is C20H15BrN2O4S. The third-order valence-electron chi connectivity index (χ3n) is 3.82. The minimum Gasteiger partial charge on any atom is -0.507 e. The summed E-state index contributed by atoms with van der Waals surface area (Å²) >= 11 is 4.28. The molecule has 0 amide bonds. The summed E-state index contributed by atoms with van der Waals surface area (Å²) in [5.41, 5.74) is 0.847. The number of benzene rings is 1. The van der Waals surface area contributed by atoms with Gasteiger partial charge < -0.3 is 9.84 Å². The standard InChI is InChI=1S/C20H15BrN2O4S/c1-3-27-20(26)19-11(2)15(10-23)18(28-19)8-17(25)13(9-22)6-12-7-14(21)4-5-16(12)24/h4-7,24H,3,8H2,1-2H3/b13-6+. The summed E-state index contributed by atoms with van der Waals surface area (Å²) in [7, 11) is 0. The van der Waals surface area contributed by atoms with Gasteiger partial charge in [-0.2, -0.15) is 10.5 Å². The number of ether oxygens (including phenoxy) is 1. The van der Waals surface area contributed by atoms with E-state index in [1.54, 1.807) is 26.0 Å². The van der Waals surface area contributed by atoms with Crippen molar-refractivity contribution in [2.45, 2.75) is 20.3 Å². The monoisotopic (exact) mass is 458 g/mol. The van der Waals surface area contributed by atoms with Gasteiger partial charge in [0.15, 0.2) is 5.78 Å². The number of esters is 1. The number of carbonyl (C=O) groups excluding carboxylic acids is 2. The summed E-state index contributed by atoms with van der Waals surface area (Å²) in [6, 6.07) is 8.50. The van der Waals surface area contributed by atoms with Gasteiger partial charge in [0.2, 0.25) is 0 Å². The average molecular weight is 459 g/mol. The van der Waals surface area contributed by atoms with Crippen LogP contribution in [0.15, 0.2) is 28.2 Å². The van der Waals surface area contributed by atoms with E-state index in [-0.39, 0.29) is 34.8 Å². The Morgan fingerprint density at radius 2 is 2.07 bits per heavy atom. The minimum absolute atomic E-state index is 0.0713. The number of rotatable bonds is 6. The molecule has 1 aromatic carbocycles. The van der Waals surface area contributed by atoms with Crippen molar-refractivity contribution in [3.05, 3.63) is 54.7 Å². The molecule has 8 heteroatoms. The highest BCUT2D eigenvalue weighted by molar-refractivity contribution is 9.10. The van der Waals surface area contributed by atoms with Crippen LogP contribution in [0.5, 0.6) is 5.75 Å². The minimum atomic E-state index is -0.546. The van der Waals surface area contributed by atoms with Gasteiger partial charge >= 0.3 is 5.97 Å². The second-order valence-electron chi connectivity index (χ2n) is 5.66. The molecular weight excluding hydrogens is 444 g/mol. The summed E-state index contributed by atoms with van der Waals surface area (Å²) in [6.07, 6.45) is 1.09. The molecule has 0 saturated carbocycles. The van der Waals surface area contributed by atoms with E-state index in [0.29, 0.717) is 20.5 Å². The van der Waals surface area contributed by atoms with Crippen molar-refractivity contribution in [1.29, 1.82) is 10.5 Å². The maximum Gasteiger partial charge on any atom is 0.348 e. The lowest BCUT2D eigenvalue weighted by Gasteiger charge is -2.02. The summed E-state index contributed by atoms with van der Waals surface area (Å²) < 4.78 is 5.66. The molecule has 0 aliphatic rings. The second kappa shape index (κ2) is 9.32. The molecule has 0 atom stereocenters. The zero-order chi connectivity index (χ0) is 20.8. The molecule has 6 nitrogen and oxygen atoms in total. The number of thiophene rings is 1. The van der Waals surface area contributed by atoms with Gasteiger partial charge in [-0.1, -0.05) is 15.9 Å². The number of aromatic hydroxyl groups is 1. The largest absolute Gasteiger partial charge is 0.507 e. The van der Waals surface area contributed by atoms with Gasteiger partial charge in [-0.25, -0.2) is 4.79 Å². The Kier molecular flexibility index (Phi) is 7.11. The third-order valence-corrected chi connectivity index (χ3v) is 5.59. The molecule has 0 spiro atoms. The molecule has 142 valence electrons. The van der Waals surface area contributed by atoms with Crippen LogP contribution in [0.1, 0.15) is 38.2 Å². The first-order chi connectivity index (χ1) is 13.3. The first kappa shape index (κ1) is 21.4. The van der Waals surface area contributed by atoms with Crippen molar-refractivity contribution in [3.63, 3.8) is 0 Å². The average Bonchev–Trinajstić information content (AvgIpc) is 2.97. The lowest BCUT2D eigenvalue weighted by Crippen LogP contribution is -2.05. The number of nitriles is 2. The maximum atomic E-state index is 12.6. The Labute approximate surface area is 174 Å². The first-order valence-electron chi connectivity index (χ1n) is 8.15. The zero-order valence-electron chi connectivity index (χ0n) is 15.1. The topological polar surface area (TPSA) is 111 Å². The fraction of sp³-hybridized carbons (Fsp3) is 0.200. The smallest absolute Gasteiger partial charge is 0.348 e. The quantitative estimate of drug-likeness (QED) is 0.392. The molecule has 0 aliphatic carbocycles. The Hall–Kier alpha value is -2.94. The van der Waals surface area contributed by atoms with Crippen LogP contribution in [0.4, 0.5) is 0 Å². The van der Waals surface area contributed by atoms with E-state index in [1.165, 1.54) is 12.1 Å². The van der Waals surface area contributed by atoms with Gasteiger partial charge in [-0.15, -0.1) is 11.3 Å². The fourth-order valence-electron chi connectivity index (χ4n) is 2.45. The lowest BCUT2D eigenvalue weighted by atomic mass is 10.0. The van der Waals surface area contributed by atoms with Crippen molar-refractivity contribution in [2.24, 2.45) is 0 Å². The van der Waals surface area contributed by atoms with Crippen molar-refractivity contribution < 1.29 is 19.4 Å². The van der Waals surface area contributed by atoms with Crippen LogP contribution >= 0.6 is 27.3 Å². The second-order valence-corrected chi connectivity index (χ2v) is 7.68. The molecule has 0 bridgehead atoms. The molecule has 2 rings (SSSR count). The first-order valence-corrected chi connectivity index (χ1v) is 9.76. The number of ketones is 1. The van der Waals surface area contributed by atoms with Crippen LogP contribution in [0.2, 0.25) is 0 Å². The van der Waals surface area contributed by atoms with Crippen LogP contribution in [-0.2, 0) is 16.0 Å². The van der Waals surface area contributed by atoms with Gasteiger partial charge in [-0.3, -0.25) is 4.79 Å². The fourth-order valence-corrected chi connectivity index (χ4v) is 3.97. The van der Waals surface area contributed by atoms with Crippen molar-refractivity contribution in [3.8, 4) is 17.9 Å². The molecule has 2 aromatic rings. The maximum absolute atomic E-state index is 12.6. The van der Waals surface area contributed by atoms with E-state index in [1.807, 2.05) is 12.1 Å². The highest BCUT2D eigenvalue weighted by atomic mass is 79.9. The Bertz CT molecular complexity index is 1060. The normalized spacial score (nSPS) is 10.8. The van der Waals surface area contributed by atoms with Gasteiger partial charge in [-0.05, 0) is 43.7 Å². The SMILES string of the molecule is CCOC(=O)c1sc(CC(=O)/C(C#N)=C/c2cc(Br)ccc2O)c(C#N)c1C. The molecule has 1 N–H and O–H groups in total. The number of hydrogen-bond donors (Lipinski definition) is 1. The molecule has 1 heterocycles. The van der Waals surface area contributed by atoms with E-state index in [2.05, 4.69) is 15.9 Å². The summed E-state index contributed by atoms with van der Waals surface area (Å²) in [5.74, 6) is -1.14. The van der Waals surface area contributed by atoms with Crippen molar-refractivity contribution in [1.82, 2.24) is 0 Å². The highest BCUT2D eigenvalue weighted by Gasteiger charge is 2.23. The number of phenolic OH excluding ortho intramolecular Hbond substituents is 1. The Balaban J connectivity index is 2.38. The van der Waals surface area contributed by atoms with E-state index in [9.17, 15) is 25.2 Å².